The summed E-state index contributed by atoms with van der Waals surface area (Å²) in [7, 11) is 12.6. The van der Waals surface area contributed by atoms with E-state index in [4.69, 9.17) is 29.7 Å². The highest BCUT2D eigenvalue weighted by molar-refractivity contribution is 7.56. The van der Waals surface area contributed by atoms with Gasteiger partial charge in [-0.1, -0.05) is 6.92 Å². The van der Waals surface area contributed by atoms with Gasteiger partial charge in [-0.25, -0.2) is 4.67 Å². The molecule has 2 rings (SSSR count). The number of ether oxygens (including phenoxy) is 2. The monoisotopic (exact) mass is 411 g/mol. The number of rotatable bonds is 7. The molecule has 5 unspecified atom stereocenters. The quantitative estimate of drug-likeness (QED) is 0.463. The molecule has 0 N–H and O–H groups in total. The molecule has 10 heteroatoms. The lowest BCUT2D eigenvalue weighted by Crippen LogP contribution is -2.56. The largest absolute Gasteiger partial charge is 0.382 e. The summed E-state index contributed by atoms with van der Waals surface area (Å²) in [5.41, 5.74) is -0.00992. The minimum atomic E-state index is -3.06. The highest BCUT2D eigenvalue weighted by Gasteiger charge is 2.36. The van der Waals surface area contributed by atoms with Gasteiger partial charge < -0.3 is 14.0 Å². The Morgan fingerprint density at radius 2 is 1.68 bits per heavy atom. The van der Waals surface area contributed by atoms with Crippen molar-refractivity contribution in [2.24, 2.45) is 0 Å². The lowest BCUT2D eigenvalue weighted by molar-refractivity contribution is -0.0908. The predicted molar refractivity (Wildman–Crippen MR) is 114 cm³/mol. The molecule has 0 aromatic carbocycles. The number of hydrogen-bond donors (Lipinski definition) is 0. The molecule has 158 valence electrons. The Hall–Kier alpha value is 0.120. The Morgan fingerprint density at radius 3 is 2.25 bits per heavy atom. The van der Waals surface area contributed by atoms with Crippen molar-refractivity contribution in [3.8, 4) is 0 Å². The fourth-order valence-corrected chi connectivity index (χ4v) is 5.24. The number of morpholine rings is 2. The van der Waals surface area contributed by atoms with Crippen LogP contribution >= 0.6 is 7.52 Å². The standard InChI is InChI=1S/C18H36B2N3O4P/c1-7-14-8-22(10-16(19)26-14)13-28(24,21(5)6)25-12-15-9-23(18(2,3)4)11-17(20)27-15/h14-17H,7-13H2,1-6H3. The van der Waals surface area contributed by atoms with Gasteiger partial charge in [-0.3, -0.25) is 14.4 Å². The zero-order chi connectivity index (χ0) is 21.1. The van der Waals surface area contributed by atoms with Crippen LogP contribution in [0, 0.1) is 0 Å². The van der Waals surface area contributed by atoms with Crippen LogP contribution in [0.4, 0.5) is 0 Å². The average Bonchev–Trinajstić information content (AvgIpc) is 2.58. The van der Waals surface area contributed by atoms with Crippen molar-refractivity contribution in [3.05, 3.63) is 0 Å². The maximum Gasteiger partial charge on any atom is 0.285 e. The molecule has 5 atom stereocenters. The minimum absolute atomic E-state index is 0.00992. The van der Waals surface area contributed by atoms with Gasteiger partial charge in [-0.05, 0) is 41.3 Å². The fraction of sp³-hybridized carbons (Fsp3) is 1.00. The Balaban J connectivity index is 1.98. The van der Waals surface area contributed by atoms with Crippen molar-refractivity contribution >= 4 is 23.2 Å². The van der Waals surface area contributed by atoms with E-state index in [1.54, 1.807) is 18.8 Å². The van der Waals surface area contributed by atoms with E-state index < -0.39 is 7.52 Å². The van der Waals surface area contributed by atoms with Gasteiger partial charge in [0.1, 0.15) is 15.7 Å². The lowest BCUT2D eigenvalue weighted by atomic mass is 9.94. The van der Waals surface area contributed by atoms with E-state index in [-0.39, 0.29) is 36.4 Å². The predicted octanol–water partition coefficient (Wildman–Crippen LogP) is 1.31. The fourth-order valence-electron chi connectivity index (χ4n) is 3.54. The number of nitrogens with zero attached hydrogens (tertiary/aromatic N) is 3. The first-order chi connectivity index (χ1) is 12.9. The molecule has 0 aromatic rings. The second-order valence-electron chi connectivity index (χ2n) is 9.03. The second-order valence-corrected chi connectivity index (χ2v) is 11.7. The first-order valence-electron chi connectivity index (χ1n) is 10.1. The third kappa shape index (κ3) is 6.83. The van der Waals surface area contributed by atoms with E-state index in [1.807, 2.05) is 0 Å². The summed E-state index contributed by atoms with van der Waals surface area (Å²) in [6.07, 6.45) is 1.02. The van der Waals surface area contributed by atoms with E-state index >= 15 is 0 Å². The molecule has 0 spiro atoms. The topological polar surface area (TPSA) is 54.5 Å². The van der Waals surface area contributed by atoms with Crippen LogP contribution in [0.2, 0.25) is 0 Å². The van der Waals surface area contributed by atoms with Crippen LogP contribution < -0.4 is 0 Å². The number of hydrogen-bond acceptors (Lipinski definition) is 6. The van der Waals surface area contributed by atoms with Gasteiger partial charge in [-0.15, -0.1) is 0 Å². The van der Waals surface area contributed by atoms with E-state index in [1.165, 1.54) is 0 Å². The van der Waals surface area contributed by atoms with Crippen molar-refractivity contribution in [2.45, 2.75) is 63.9 Å². The normalized spacial score (nSPS) is 33.1. The summed E-state index contributed by atoms with van der Waals surface area (Å²) in [6, 6.07) is -0.739. The molecule has 0 saturated carbocycles. The molecule has 0 aliphatic carbocycles. The molecule has 2 fully saturated rings. The molecule has 2 aliphatic rings. The summed E-state index contributed by atoms with van der Waals surface area (Å²) < 4.78 is 32.8. The highest BCUT2D eigenvalue weighted by atomic mass is 31.2. The summed E-state index contributed by atoms with van der Waals surface area (Å²) in [4.78, 5) is 4.36. The van der Waals surface area contributed by atoms with Crippen molar-refractivity contribution in [1.29, 1.82) is 0 Å². The van der Waals surface area contributed by atoms with Crippen molar-refractivity contribution < 1.29 is 18.6 Å². The Kier molecular flexibility index (Phi) is 8.67. The minimum Gasteiger partial charge on any atom is -0.382 e. The molecule has 0 aromatic heterocycles. The Morgan fingerprint density at radius 1 is 1.07 bits per heavy atom. The Labute approximate surface area is 173 Å². The first-order valence-corrected chi connectivity index (χ1v) is 11.9. The zero-order valence-corrected chi connectivity index (χ0v) is 19.2. The molecular formula is C18H36B2N3O4P. The first kappa shape index (κ1) is 24.4. The summed E-state index contributed by atoms with van der Waals surface area (Å²) in [6.45, 7) is 11.4. The van der Waals surface area contributed by atoms with Crippen LogP contribution in [-0.2, 0) is 18.6 Å². The molecule has 0 bridgehead atoms. The van der Waals surface area contributed by atoms with Gasteiger partial charge >= 0.3 is 0 Å². The van der Waals surface area contributed by atoms with Crippen LogP contribution in [0.3, 0.4) is 0 Å². The van der Waals surface area contributed by atoms with E-state index in [0.29, 0.717) is 32.5 Å². The third-order valence-corrected chi connectivity index (χ3v) is 7.84. The molecule has 0 amide bonds. The van der Waals surface area contributed by atoms with Gasteiger partial charge in [0.2, 0.25) is 0 Å². The Bertz CT molecular complexity index is 549. The van der Waals surface area contributed by atoms with Gasteiger partial charge in [0.15, 0.2) is 0 Å². The van der Waals surface area contributed by atoms with Crippen molar-refractivity contribution in [1.82, 2.24) is 14.5 Å². The molecule has 2 aliphatic heterocycles. The van der Waals surface area contributed by atoms with Crippen LogP contribution in [0.1, 0.15) is 34.1 Å². The highest BCUT2D eigenvalue weighted by Crippen LogP contribution is 2.49. The molecular weight excluding hydrogens is 375 g/mol. The van der Waals surface area contributed by atoms with E-state index in [2.05, 4.69) is 37.5 Å². The SMILES string of the molecule is [B]C1CN(CP(=O)(OCC2CN(C(C)(C)C)CC([B])O2)N(C)C)CC(CC)O1. The molecule has 4 radical (unpaired) electrons. The summed E-state index contributed by atoms with van der Waals surface area (Å²) in [5, 5.41) is 0. The van der Waals surface area contributed by atoms with Gasteiger partial charge in [-0.2, -0.15) is 0 Å². The lowest BCUT2D eigenvalue weighted by Gasteiger charge is -2.44. The van der Waals surface area contributed by atoms with Gasteiger partial charge in [0.25, 0.3) is 7.52 Å². The van der Waals surface area contributed by atoms with E-state index in [0.717, 1.165) is 6.42 Å². The van der Waals surface area contributed by atoms with Crippen LogP contribution in [0.25, 0.3) is 0 Å². The molecule has 2 saturated heterocycles. The molecule has 28 heavy (non-hydrogen) atoms. The summed E-state index contributed by atoms with van der Waals surface area (Å²) >= 11 is 0. The second kappa shape index (κ2) is 9.95. The summed E-state index contributed by atoms with van der Waals surface area (Å²) in [5.74, 6) is 0. The van der Waals surface area contributed by atoms with Gasteiger partial charge in [0, 0.05) is 43.7 Å². The van der Waals surface area contributed by atoms with Crippen LogP contribution in [0.15, 0.2) is 0 Å². The maximum atomic E-state index is 13.6. The average molecular weight is 411 g/mol. The molecule has 7 nitrogen and oxygen atoms in total. The van der Waals surface area contributed by atoms with Crippen LogP contribution in [0.5, 0.6) is 0 Å². The maximum absolute atomic E-state index is 13.6. The molecule has 2 heterocycles. The van der Waals surface area contributed by atoms with Crippen molar-refractivity contribution in [2.75, 3.05) is 53.2 Å². The van der Waals surface area contributed by atoms with Crippen LogP contribution in [-0.4, -0.2) is 113 Å². The van der Waals surface area contributed by atoms with E-state index in [9.17, 15) is 4.57 Å². The smallest absolute Gasteiger partial charge is 0.285 e. The zero-order valence-electron chi connectivity index (χ0n) is 18.3. The van der Waals surface area contributed by atoms with Crippen molar-refractivity contribution in [3.63, 3.8) is 0 Å². The van der Waals surface area contributed by atoms with Gasteiger partial charge in [0.05, 0.1) is 25.1 Å². The third-order valence-electron chi connectivity index (χ3n) is 5.31.